The predicted molar refractivity (Wildman–Crippen MR) is 125 cm³/mol. The van der Waals surface area contributed by atoms with E-state index in [4.69, 9.17) is 44.9 Å². The average molecular weight is 466 g/mol. The van der Waals surface area contributed by atoms with Crippen molar-refractivity contribution in [3.63, 3.8) is 0 Å². The van der Waals surface area contributed by atoms with Gasteiger partial charge in [0.25, 0.3) is 0 Å². The van der Waals surface area contributed by atoms with Gasteiger partial charge in [0, 0.05) is 12.1 Å². The van der Waals surface area contributed by atoms with Crippen LogP contribution < -0.4 is 20.2 Å². The predicted octanol–water partition coefficient (Wildman–Crippen LogP) is 4.64. The fourth-order valence-corrected chi connectivity index (χ4v) is 2.64. The van der Waals surface area contributed by atoms with Gasteiger partial charge in [0.15, 0.2) is 29.0 Å². The number of benzene rings is 2. The number of rotatable bonds is 9. The van der Waals surface area contributed by atoms with Crippen LogP contribution >= 0.6 is 35.4 Å². The highest BCUT2D eigenvalue weighted by molar-refractivity contribution is 7.80. The molecule has 0 fully saturated rings. The van der Waals surface area contributed by atoms with E-state index in [1.807, 2.05) is 6.92 Å². The molecular weight excluding hydrogens is 445 g/mol. The summed E-state index contributed by atoms with van der Waals surface area (Å²) in [7, 11) is 1.51. The number of hydrazone groups is 1. The van der Waals surface area contributed by atoms with Gasteiger partial charge >= 0.3 is 0 Å². The van der Waals surface area contributed by atoms with E-state index in [2.05, 4.69) is 22.4 Å². The molecule has 0 aliphatic carbocycles. The third-order valence-electron chi connectivity index (χ3n) is 3.72. The zero-order valence-corrected chi connectivity index (χ0v) is 18.8. The van der Waals surface area contributed by atoms with Crippen molar-refractivity contribution in [3.8, 4) is 11.5 Å². The molecule has 6 nitrogen and oxygen atoms in total. The van der Waals surface area contributed by atoms with Crippen molar-refractivity contribution in [1.82, 2.24) is 10.7 Å². The van der Waals surface area contributed by atoms with Crippen LogP contribution in [0.25, 0.3) is 0 Å². The molecule has 0 saturated carbocycles. The first kappa shape index (κ1) is 23.7. The maximum absolute atomic E-state index is 12.3. The van der Waals surface area contributed by atoms with Crippen molar-refractivity contribution >= 4 is 52.5 Å². The minimum absolute atomic E-state index is 0.175. The summed E-state index contributed by atoms with van der Waals surface area (Å²) in [4.78, 5) is 12.3. The zero-order chi connectivity index (χ0) is 22.1. The summed E-state index contributed by atoms with van der Waals surface area (Å²) < 4.78 is 11.0. The Labute approximate surface area is 190 Å². The quantitative estimate of drug-likeness (QED) is 0.185. The summed E-state index contributed by atoms with van der Waals surface area (Å²) in [5, 5.41) is 8.12. The number of halogens is 2. The first-order valence-electron chi connectivity index (χ1n) is 8.80. The molecule has 30 heavy (non-hydrogen) atoms. The summed E-state index contributed by atoms with van der Waals surface area (Å²) in [6.45, 7) is 6.08. The van der Waals surface area contributed by atoms with Crippen LogP contribution in [0.4, 0.5) is 0 Å². The van der Waals surface area contributed by atoms with E-state index in [0.29, 0.717) is 38.8 Å². The number of ether oxygens (including phenoxy) is 2. The summed E-state index contributed by atoms with van der Waals surface area (Å²) in [6, 6.07) is 9.87. The van der Waals surface area contributed by atoms with E-state index >= 15 is 0 Å². The minimum atomic E-state index is -0.235. The van der Waals surface area contributed by atoms with Gasteiger partial charge in [-0.2, -0.15) is 5.10 Å². The van der Waals surface area contributed by atoms with Crippen molar-refractivity contribution in [2.24, 2.45) is 5.10 Å². The SMILES string of the molecule is C=C(C)CNC(=S)NN=Cc1ccc(OCC(=O)c2ccc(Cl)c(Cl)c2)c(OC)c1. The van der Waals surface area contributed by atoms with E-state index in [1.54, 1.807) is 36.5 Å². The van der Waals surface area contributed by atoms with Crippen LogP contribution in [-0.2, 0) is 0 Å². The number of carbonyl (C=O) groups excluding carboxylic acids is 1. The maximum Gasteiger partial charge on any atom is 0.200 e. The number of ketones is 1. The molecule has 9 heteroatoms. The number of nitrogens with zero attached hydrogens (tertiary/aromatic N) is 1. The molecule has 0 saturated heterocycles. The molecule has 158 valence electrons. The molecule has 0 unspecified atom stereocenters. The van der Waals surface area contributed by atoms with E-state index in [-0.39, 0.29) is 12.4 Å². The highest BCUT2D eigenvalue weighted by Gasteiger charge is 2.12. The molecule has 0 aliphatic heterocycles. The minimum Gasteiger partial charge on any atom is -0.493 e. The molecule has 2 rings (SSSR count). The third-order valence-corrected chi connectivity index (χ3v) is 4.69. The van der Waals surface area contributed by atoms with E-state index < -0.39 is 0 Å². The first-order valence-corrected chi connectivity index (χ1v) is 9.97. The van der Waals surface area contributed by atoms with Crippen molar-refractivity contribution in [1.29, 1.82) is 0 Å². The van der Waals surface area contributed by atoms with Gasteiger partial charge in [-0.3, -0.25) is 10.2 Å². The Hall–Kier alpha value is -2.61. The maximum atomic E-state index is 12.3. The highest BCUT2D eigenvalue weighted by atomic mass is 35.5. The zero-order valence-electron chi connectivity index (χ0n) is 16.5. The standard InChI is InChI=1S/C21H21Cl2N3O3S/c1-13(2)10-24-21(30)26-25-11-14-4-7-19(20(8-14)28-3)29-12-18(27)15-5-6-16(22)17(23)9-15/h4-9,11H,1,10,12H2,2-3H3,(H2,24,26,30). The van der Waals surface area contributed by atoms with Crippen LogP contribution in [0.2, 0.25) is 10.0 Å². The molecule has 0 radical (unpaired) electrons. The largest absolute Gasteiger partial charge is 0.493 e. The van der Waals surface area contributed by atoms with Crippen LogP contribution in [0.1, 0.15) is 22.8 Å². The molecule has 2 aromatic carbocycles. The molecule has 0 aromatic heterocycles. The Bertz CT molecular complexity index is 980. The lowest BCUT2D eigenvalue weighted by atomic mass is 10.1. The fraction of sp³-hybridized carbons (Fsp3) is 0.190. The molecule has 0 aliphatic rings. The number of thiocarbonyl (C=S) groups is 1. The molecular formula is C21H21Cl2N3O3S. The Morgan fingerprint density at radius 1 is 1.20 bits per heavy atom. The molecule has 0 heterocycles. The second kappa shape index (κ2) is 11.5. The first-order chi connectivity index (χ1) is 14.3. The van der Waals surface area contributed by atoms with Gasteiger partial charge in [-0.15, -0.1) is 0 Å². The number of hydrogen-bond donors (Lipinski definition) is 2. The van der Waals surface area contributed by atoms with Crippen molar-refractivity contribution in [2.45, 2.75) is 6.92 Å². The van der Waals surface area contributed by atoms with Gasteiger partial charge in [0.05, 0.1) is 23.4 Å². The van der Waals surface area contributed by atoms with Gasteiger partial charge in [-0.05, 0) is 61.1 Å². The van der Waals surface area contributed by atoms with Crippen LogP contribution in [0.3, 0.4) is 0 Å². The van der Waals surface area contributed by atoms with Crippen molar-refractivity contribution in [3.05, 3.63) is 69.7 Å². The number of nitrogens with one attached hydrogen (secondary N) is 2. The second-order valence-corrected chi connectivity index (χ2v) is 7.48. The van der Waals surface area contributed by atoms with E-state index in [9.17, 15) is 4.79 Å². The molecule has 0 bridgehead atoms. The van der Waals surface area contributed by atoms with Crippen molar-refractivity contribution < 1.29 is 14.3 Å². The topological polar surface area (TPSA) is 72.0 Å². The van der Waals surface area contributed by atoms with Gasteiger partial charge in [-0.25, -0.2) is 0 Å². The van der Waals surface area contributed by atoms with E-state index in [1.165, 1.54) is 13.2 Å². The number of methoxy groups -OCH3 is 1. The van der Waals surface area contributed by atoms with E-state index in [0.717, 1.165) is 11.1 Å². The van der Waals surface area contributed by atoms with Crippen LogP contribution in [0, 0.1) is 0 Å². The summed E-state index contributed by atoms with van der Waals surface area (Å²) in [6.07, 6.45) is 1.59. The number of hydrogen-bond acceptors (Lipinski definition) is 5. The summed E-state index contributed by atoms with van der Waals surface area (Å²) in [5.41, 5.74) is 4.84. The molecule has 0 spiro atoms. The molecule has 0 atom stereocenters. The van der Waals surface area contributed by atoms with Crippen molar-refractivity contribution in [2.75, 3.05) is 20.3 Å². The molecule has 0 amide bonds. The van der Waals surface area contributed by atoms with Crippen LogP contribution in [0.5, 0.6) is 11.5 Å². The lowest BCUT2D eigenvalue weighted by Gasteiger charge is -2.11. The lowest BCUT2D eigenvalue weighted by molar-refractivity contribution is 0.0919. The Morgan fingerprint density at radius 2 is 1.97 bits per heavy atom. The number of Topliss-reactive ketones (excluding diaryl/α,β-unsaturated/α-hetero) is 1. The van der Waals surface area contributed by atoms with Gasteiger partial charge in [0.1, 0.15) is 0 Å². The van der Waals surface area contributed by atoms with Crippen LogP contribution in [-0.4, -0.2) is 37.4 Å². The summed E-state index contributed by atoms with van der Waals surface area (Å²) in [5.74, 6) is 0.653. The average Bonchev–Trinajstić information content (AvgIpc) is 2.72. The van der Waals surface area contributed by atoms with Gasteiger partial charge in [0.2, 0.25) is 0 Å². The third kappa shape index (κ3) is 7.33. The fourth-order valence-electron chi connectivity index (χ4n) is 2.22. The van der Waals surface area contributed by atoms with Gasteiger partial charge < -0.3 is 14.8 Å². The normalized spacial score (nSPS) is 10.5. The summed E-state index contributed by atoms with van der Waals surface area (Å²) >= 11 is 16.9. The Morgan fingerprint density at radius 3 is 2.63 bits per heavy atom. The number of carbonyl (C=O) groups is 1. The molecule has 2 aromatic rings. The lowest BCUT2D eigenvalue weighted by Crippen LogP contribution is -2.32. The highest BCUT2D eigenvalue weighted by Crippen LogP contribution is 2.28. The molecule has 2 N–H and O–H groups in total. The second-order valence-electron chi connectivity index (χ2n) is 6.26. The Balaban J connectivity index is 1.97. The van der Waals surface area contributed by atoms with Crippen LogP contribution in [0.15, 0.2) is 53.7 Å². The van der Waals surface area contributed by atoms with Gasteiger partial charge in [-0.1, -0.05) is 35.4 Å². The monoisotopic (exact) mass is 465 g/mol. The smallest absolute Gasteiger partial charge is 0.200 e. The Kier molecular flexibility index (Phi) is 9.11.